The van der Waals surface area contributed by atoms with Crippen molar-refractivity contribution in [2.75, 3.05) is 13.2 Å². The molecule has 0 aliphatic carbocycles. The monoisotopic (exact) mass is 316 g/mol. The molecule has 1 aromatic heterocycles. The molecule has 0 radical (unpaired) electrons. The summed E-state index contributed by atoms with van der Waals surface area (Å²) < 4.78 is 5.32. The van der Waals surface area contributed by atoms with E-state index in [0.717, 1.165) is 24.8 Å². The average Bonchev–Trinajstić information content (AvgIpc) is 2.43. The topological polar surface area (TPSA) is 107 Å². The number of ether oxygens (including phenoxy) is 1. The lowest BCUT2D eigenvalue weighted by atomic mass is 9.96. The minimum atomic E-state index is -0.369. The van der Waals surface area contributed by atoms with Gasteiger partial charge in [-0.1, -0.05) is 11.6 Å². The van der Waals surface area contributed by atoms with Crippen molar-refractivity contribution in [1.29, 1.82) is 0 Å². The molecule has 0 bridgehead atoms. The van der Waals surface area contributed by atoms with E-state index in [1.807, 2.05) is 0 Å². The standard InChI is InChI=1S/C12H17ClN4O2S/c1-6(14)10(20-15)11-16-9(8(13)12(18)17-11)7-2-4-19-5-3-7/h7H,2-5,14-15H2,1H3,(H,16,17,18)/b10-6-. The molecule has 20 heavy (non-hydrogen) atoms. The first-order chi connectivity index (χ1) is 9.54. The predicted molar refractivity (Wildman–Crippen MR) is 81.2 cm³/mol. The molecule has 2 heterocycles. The van der Waals surface area contributed by atoms with Crippen LogP contribution in [-0.4, -0.2) is 23.2 Å². The van der Waals surface area contributed by atoms with Gasteiger partial charge in [0.15, 0.2) is 0 Å². The maximum atomic E-state index is 12.0. The van der Waals surface area contributed by atoms with Gasteiger partial charge in [-0.05, 0) is 31.7 Å². The molecule has 1 fully saturated rings. The molecule has 6 nitrogen and oxygen atoms in total. The summed E-state index contributed by atoms with van der Waals surface area (Å²) in [4.78, 5) is 19.6. The van der Waals surface area contributed by atoms with Crippen LogP contribution in [0.2, 0.25) is 5.02 Å². The molecule has 2 rings (SSSR count). The molecule has 1 aromatic rings. The SMILES string of the molecule is C/C(N)=C(/SN)c1nc(C2CCOCC2)c(Cl)c(=O)[nH]1. The highest BCUT2D eigenvalue weighted by Crippen LogP contribution is 2.30. The zero-order valence-electron chi connectivity index (χ0n) is 11.1. The Labute approximate surface area is 126 Å². The summed E-state index contributed by atoms with van der Waals surface area (Å²) in [7, 11) is 0. The Bertz CT molecular complexity index is 577. The summed E-state index contributed by atoms with van der Waals surface area (Å²) in [5, 5.41) is 5.72. The minimum absolute atomic E-state index is 0.124. The van der Waals surface area contributed by atoms with Gasteiger partial charge in [0, 0.05) is 24.8 Å². The van der Waals surface area contributed by atoms with Crippen molar-refractivity contribution < 1.29 is 4.74 Å². The van der Waals surface area contributed by atoms with Gasteiger partial charge in [0.2, 0.25) is 0 Å². The molecule has 1 saturated heterocycles. The van der Waals surface area contributed by atoms with Crippen molar-refractivity contribution in [1.82, 2.24) is 9.97 Å². The van der Waals surface area contributed by atoms with Crippen molar-refractivity contribution >= 4 is 28.5 Å². The third kappa shape index (κ3) is 3.17. The van der Waals surface area contributed by atoms with Crippen LogP contribution in [0.25, 0.3) is 4.91 Å². The van der Waals surface area contributed by atoms with E-state index >= 15 is 0 Å². The van der Waals surface area contributed by atoms with Crippen LogP contribution in [0.3, 0.4) is 0 Å². The van der Waals surface area contributed by atoms with Crippen LogP contribution in [0.15, 0.2) is 10.5 Å². The van der Waals surface area contributed by atoms with Gasteiger partial charge in [0.05, 0.1) is 10.6 Å². The summed E-state index contributed by atoms with van der Waals surface area (Å²) >= 11 is 7.05. The number of aromatic nitrogens is 2. The number of rotatable bonds is 3. The summed E-state index contributed by atoms with van der Waals surface area (Å²) in [6.45, 7) is 3.00. The zero-order chi connectivity index (χ0) is 14.7. The van der Waals surface area contributed by atoms with Crippen LogP contribution in [-0.2, 0) is 4.74 Å². The second-order valence-electron chi connectivity index (χ2n) is 4.63. The van der Waals surface area contributed by atoms with Crippen molar-refractivity contribution in [2.24, 2.45) is 10.9 Å². The Balaban J connectivity index is 2.49. The Morgan fingerprint density at radius 3 is 2.70 bits per heavy atom. The zero-order valence-corrected chi connectivity index (χ0v) is 12.7. The number of hydrogen-bond donors (Lipinski definition) is 3. The van der Waals surface area contributed by atoms with Crippen molar-refractivity contribution in [3.8, 4) is 0 Å². The first-order valence-corrected chi connectivity index (χ1v) is 7.51. The number of allylic oxidation sites excluding steroid dienone is 1. The molecule has 0 aromatic carbocycles. The summed E-state index contributed by atoms with van der Waals surface area (Å²) in [5.74, 6) is 0.493. The van der Waals surface area contributed by atoms with Crippen molar-refractivity contribution in [3.63, 3.8) is 0 Å². The van der Waals surface area contributed by atoms with Crippen LogP contribution in [0.5, 0.6) is 0 Å². The molecular weight excluding hydrogens is 300 g/mol. The highest BCUT2D eigenvalue weighted by Gasteiger charge is 2.23. The summed E-state index contributed by atoms with van der Waals surface area (Å²) in [6, 6.07) is 0. The van der Waals surface area contributed by atoms with Crippen molar-refractivity contribution in [2.45, 2.75) is 25.7 Å². The maximum Gasteiger partial charge on any atom is 0.270 e. The summed E-state index contributed by atoms with van der Waals surface area (Å²) in [6.07, 6.45) is 1.60. The smallest absolute Gasteiger partial charge is 0.270 e. The van der Waals surface area contributed by atoms with E-state index in [-0.39, 0.29) is 16.5 Å². The normalized spacial score (nSPS) is 17.9. The largest absolute Gasteiger partial charge is 0.401 e. The molecule has 1 aliphatic rings. The number of H-pyrrole nitrogens is 1. The lowest BCUT2D eigenvalue weighted by Gasteiger charge is -2.22. The Kier molecular flexibility index (Phi) is 5.09. The predicted octanol–water partition coefficient (Wildman–Crippen LogP) is 1.57. The molecule has 0 saturated carbocycles. The first kappa shape index (κ1) is 15.4. The fourth-order valence-corrected chi connectivity index (χ4v) is 2.80. The van der Waals surface area contributed by atoms with Crippen LogP contribution < -0.4 is 16.4 Å². The van der Waals surface area contributed by atoms with Gasteiger partial charge in [0.1, 0.15) is 10.8 Å². The van der Waals surface area contributed by atoms with Gasteiger partial charge < -0.3 is 15.5 Å². The van der Waals surface area contributed by atoms with Crippen molar-refractivity contribution in [3.05, 3.63) is 32.6 Å². The number of nitrogens with zero attached hydrogens (tertiary/aromatic N) is 1. The second-order valence-corrected chi connectivity index (χ2v) is 5.65. The number of nitrogens with two attached hydrogens (primary N) is 2. The third-order valence-corrected chi connectivity index (χ3v) is 4.30. The Morgan fingerprint density at radius 2 is 2.15 bits per heavy atom. The lowest BCUT2D eigenvalue weighted by Crippen LogP contribution is -2.21. The highest BCUT2D eigenvalue weighted by atomic mass is 35.5. The molecule has 0 amide bonds. The number of aromatic amines is 1. The third-order valence-electron chi connectivity index (χ3n) is 3.19. The quantitative estimate of drug-likeness (QED) is 0.731. The van der Waals surface area contributed by atoms with E-state index in [1.165, 1.54) is 0 Å². The molecule has 0 spiro atoms. The Morgan fingerprint density at radius 1 is 1.50 bits per heavy atom. The van der Waals surface area contributed by atoms with Gasteiger partial charge >= 0.3 is 0 Å². The maximum absolute atomic E-state index is 12.0. The van der Waals surface area contributed by atoms with E-state index in [1.54, 1.807) is 6.92 Å². The fourth-order valence-electron chi connectivity index (χ4n) is 2.16. The molecular formula is C12H17ClN4O2S. The molecule has 0 unspecified atom stereocenters. The molecule has 1 aliphatic heterocycles. The van der Waals surface area contributed by atoms with E-state index in [4.69, 9.17) is 27.2 Å². The highest BCUT2D eigenvalue weighted by molar-refractivity contribution is 8.06. The van der Waals surface area contributed by atoms with E-state index < -0.39 is 0 Å². The second kappa shape index (κ2) is 6.62. The molecule has 8 heteroatoms. The van der Waals surface area contributed by atoms with Crippen LogP contribution >= 0.6 is 23.5 Å². The number of nitrogens with one attached hydrogen (secondary N) is 1. The Hall–Kier alpha value is -1.02. The lowest BCUT2D eigenvalue weighted by molar-refractivity contribution is 0.0844. The summed E-state index contributed by atoms with van der Waals surface area (Å²) in [5.41, 5.74) is 6.49. The minimum Gasteiger partial charge on any atom is -0.401 e. The van der Waals surface area contributed by atoms with Crippen LogP contribution in [0, 0.1) is 0 Å². The van der Waals surface area contributed by atoms with E-state index in [2.05, 4.69) is 9.97 Å². The van der Waals surface area contributed by atoms with Gasteiger partial charge in [-0.3, -0.25) is 9.93 Å². The fraction of sp³-hybridized carbons (Fsp3) is 0.500. The average molecular weight is 317 g/mol. The molecule has 5 N–H and O–H groups in total. The van der Waals surface area contributed by atoms with Gasteiger partial charge in [-0.15, -0.1) is 0 Å². The first-order valence-electron chi connectivity index (χ1n) is 6.25. The molecule has 110 valence electrons. The van der Waals surface area contributed by atoms with E-state index in [9.17, 15) is 4.79 Å². The number of halogens is 1. The van der Waals surface area contributed by atoms with Gasteiger partial charge in [-0.2, -0.15) is 0 Å². The van der Waals surface area contributed by atoms with Gasteiger partial charge in [-0.25, -0.2) is 4.98 Å². The van der Waals surface area contributed by atoms with E-state index in [0.29, 0.717) is 35.3 Å². The van der Waals surface area contributed by atoms with Crippen LogP contribution in [0.1, 0.15) is 37.2 Å². The van der Waals surface area contributed by atoms with Crippen LogP contribution in [0.4, 0.5) is 0 Å². The molecule has 0 atom stereocenters. The number of hydrogen-bond acceptors (Lipinski definition) is 6. The van der Waals surface area contributed by atoms with Gasteiger partial charge in [0.25, 0.3) is 5.56 Å².